The van der Waals surface area contributed by atoms with Gasteiger partial charge in [0.1, 0.15) is 5.75 Å². The van der Waals surface area contributed by atoms with E-state index in [1.165, 1.54) is 16.4 Å². The van der Waals surface area contributed by atoms with Gasteiger partial charge in [-0.1, -0.05) is 12.1 Å². The van der Waals surface area contributed by atoms with E-state index in [0.29, 0.717) is 18.7 Å². The predicted molar refractivity (Wildman–Crippen MR) is 103 cm³/mol. The molecule has 1 atom stereocenters. The molecule has 144 valence electrons. The van der Waals surface area contributed by atoms with Gasteiger partial charge >= 0.3 is 0 Å². The Kier molecular flexibility index (Phi) is 5.82. The summed E-state index contributed by atoms with van der Waals surface area (Å²) < 4.78 is 31.7. The number of methoxy groups -OCH3 is 1. The van der Waals surface area contributed by atoms with Crippen LogP contribution in [0.2, 0.25) is 0 Å². The summed E-state index contributed by atoms with van der Waals surface area (Å²) in [4.78, 5) is 12.7. The Hall–Kier alpha value is -2.38. The van der Waals surface area contributed by atoms with Crippen molar-refractivity contribution in [3.63, 3.8) is 0 Å². The Morgan fingerprint density at radius 2 is 1.63 bits per heavy atom. The molecule has 1 aliphatic rings. The van der Waals surface area contributed by atoms with Crippen LogP contribution in [0.15, 0.2) is 53.4 Å². The molecule has 0 aliphatic carbocycles. The second kappa shape index (κ2) is 8.10. The van der Waals surface area contributed by atoms with E-state index in [4.69, 9.17) is 4.74 Å². The molecular formula is C20H24N2O4S. The van der Waals surface area contributed by atoms with Gasteiger partial charge in [-0.2, -0.15) is 4.31 Å². The largest absolute Gasteiger partial charge is 0.497 e. The quantitative estimate of drug-likeness (QED) is 0.825. The standard InChI is InChI=1S/C20H24N2O4S/c1-15(16-5-9-18(26-2)10-6-16)21-20(23)17-7-11-19(12-8-17)27(24,25)22-13-3-4-14-22/h5-12,15H,3-4,13-14H2,1-2H3,(H,21,23)/t15-/m0/s1. The Morgan fingerprint density at radius 1 is 1.04 bits per heavy atom. The van der Waals surface area contributed by atoms with Crippen molar-refractivity contribution in [1.82, 2.24) is 9.62 Å². The van der Waals surface area contributed by atoms with Crippen LogP contribution < -0.4 is 10.1 Å². The number of carbonyl (C=O) groups is 1. The number of amides is 1. The third-order valence-electron chi connectivity index (χ3n) is 4.78. The normalized spacial score (nSPS) is 16.1. The summed E-state index contributed by atoms with van der Waals surface area (Å²) in [6, 6.07) is 13.4. The molecule has 0 unspecified atom stereocenters. The highest BCUT2D eigenvalue weighted by Crippen LogP contribution is 2.22. The number of nitrogens with zero attached hydrogens (tertiary/aromatic N) is 1. The maximum Gasteiger partial charge on any atom is 0.251 e. The summed E-state index contributed by atoms with van der Waals surface area (Å²) in [5.41, 5.74) is 1.38. The van der Waals surface area contributed by atoms with Crippen LogP contribution in [0.1, 0.15) is 41.7 Å². The lowest BCUT2D eigenvalue weighted by Crippen LogP contribution is -2.28. The van der Waals surface area contributed by atoms with Gasteiger partial charge in [-0.05, 0) is 61.7 Å². The molecule has 7 heteroatoms. The Bertz CT molecular complexity index is 887. The van der Waals surface area contributed by atoms with E-state index in [1.807, 2.05) is 31.2 Å². The summed E-state index contributed by atoms with van der Waals surface area (Å²) >= 11 is 0. The zero-order valence-electron chi connectivity index (χ0n) is 15.5. The first-order valence-electron chi connectivity index (χ1n) is 8.97. The van der Waals surface area contributed by atoms with Gasteiger partial charge in [0, 0.05) is 18.7 Å². The summed E-state index contributed by atoms with van der Waals surface area (Å²) in [7, 11) is -1.86. The maximum absolute atomic E-state index is 12.5. The number of nitrogens with one attached hydrogen (secondary N) is 1. The molecule has 0 radical (unpaired) electrons. The van der Waals surface area contributed by atoms with Crippen LogP contribution in [-0.2, 0) is 10.0 Å². The second-order valence-corrected chi connectivity index (χ2v) is 8.54. The second-order valence-electron chi connectivity index (χ2n) is 6.60. The van der Waals surface area contributed by atoms with Gasteiger partial charge in [0.05, 0.1) is 18.0 Å². The molecule has 1 aliphatic heterocycles. The lowest BCUT2D eigenvalue weighted by atomic mass is 10.1. The molecule has 2 aromatic rings. The zero-order valence-corrected chi connectivity index (χ0v) is 16.3. The van der Waals surface area contributed by atoms with Crippen LogP contribution >= 0.6 is 0 Å². The number of rotatable bonds is 6. The van der Waals surface area contributed by atoms with Crippen LogP contribution in [0.5, 0.6) is 5.75 Å². The maximum atomic E-state index is 12.5. The van der Waals surface area contributed by atoms with Crippen LogP contribution in [0.4, 0.5) is 0 Å². The Morgan fingerprint density at radius 3 is 2.19 bits per heavy atom. The minimum Gasteiger partial charge on any atom is -0.497 e. The van der Waals surface area contributed by atoms with Crippen molar-refractivity contribution in [3.05, 3.63) is 59.7 Å². The molecule has 6 nitrogen and oxygen atoms in total. The number of hydrogen-bond acceptors (Lipinski definition) is 4. The topological polar surface area (TPSA) is 75.7 Å². The molecule has 1 fully saturated rings. The van der Waals surface area contributed by atoms with Gasteiger partial charge in [0.15, 0.2) is 0 Å². The van der Waals surface area contributed by atoms with E-state index >= 15 is 0 Å². The van der Waals surface area contributed by atoms with Gasteiger partial charge < -0.3 is 10.1 Å². The molecule has 1 saturated heterocycles. The average Bonchev–Trinajstić information content (AvgIpc) is 3.24. The van der Waals surface area contributed by atoms with Gasteiger partial charge in [-0.15, -0.1) is 0 Å². The molecule has 0 spiro atoms. The van der Waals surface area contributed by atoms with Gasteiger partial charge in [-0.25, -0.2) is 8.42 Å². The fraction of sp³-hybridized carbons (Fsp3) is 0.350. The van der Waals surface area contributed by atoms with Crippen molar-refractivity contribution in [2.75, 3.05) is 20.2 Å². The number of hydrogen-bond donors (Lipinski definition) is 1. The lowest BCUT2D eigenvalue weighted by Gasteiger charge is -2.17. The molecule has 2 aromatic carbocycles. The third kappa shape index (κ3) is 4.31. The Labute approximate surface area is 160 Å². The number of benzene rings is 2. The SMILES string of the molecule is COc1ccc([C@H](C)NC(=O)c2ccc(S(=O)(=O)N3CCCC3)cc2)cc1. The molecule has 0 saturated carbocycles. The summed E-state index contributed by atoms with van der Waals surface area (Å²) in [6.07, 6.45) is 1.78. The molecule has 0 bridgehead atoms. The van der Waals surface area contributed by atoms with E-state index in [2.05, 4.69) is 5.32 Å². The molecular weight excluding hydrogens is 364 g/mol. The van der Waals surface area contributed by atoms with Gasteiger partial charge in [0.25, 0.3) is 5.91 Å². The van der Waals surface area contributed by atoms with Crippen molar-refractivity contribution >= 4 is 15.9 Å². The van der Waals surface area contributed by atoms with Crippen molar-refractivity contribution < 1.29 is 17.9 Å². The summed E-state index contributed by atoms with van der Waals surface area (Å²) in [5.74, 6) is 0.510. The molecule has 1 amide bonds. The molecule has 0 aromatic heterocycles. The minimum absolute atomic E-state index is 0.184. The monoisotopic (exact) mass is 388 g/mol. The first kappa shape index (κ1) is 19.4. The highest BCUT2D eigenvalue weighted by molar-refractivity contribution is 7.89. The lowest BCUT2D eigenvalue weighted by molar-refractivity contribution is 0.0940. The molecule has 1 heterocycles. The van der Waals surface area contributed by atoms with Crippen LogP contribution in [-0.4, -0.2) is 38.8 Å². The zero-order chi connectivity index (χ0) is 19.4. The highest BCUT2D eigenvalue weighted by atomic mass is 32.2. The van der Waals surface area contributed by atoms with Crippen molar-refractivity contribution in [2.24, 2.45) is 0 Å². The summed E-state index contributed by atoms with van der Waals surface area (Å²) in [5, 5.41) is 2.92. The molecule has 3 rings (SSSR count). The fourth-order valence-corrected chi connectivity index (χ4v) is 4.63. The van der Waals surface area contributed by atoms with E-state index in [-0.39, 0.29) is 16.8 Å². The average molecular weight is 388 g/mol. The van der Waals surface area contributed by atoms with Crippen LogP contribution in [0, 0.1) is 0 Å². The fourth-order valence-electron chi connectivity index (χ4n) is 3.11. The van der Waals surface area contributed by atoms with Crippen LogP contribution in [0.25, 0.3) is 0 Å². The van der Waals surface area contributed by atoms with Crippen molar-refractivity contribution in [3.8, 4) is 5.75 Å². The van der Waals surface area contributed by atoms with Crippen molar-refractivity contribution in [1.29, 1.82) is 0 Å². The first-order valence-corrected chi connectivity index (χ1v) is 10.4. The third-order valence-corrected chi connectivity index (χ3v) is 6.70. The van der Waals surface area contributed by atoms with Gasteiger partial charge in [-0.3, -0.25) is 4.79 Å². The van der Waals surface area contributed by atoms with Gasteiger partial charge in [0.2, 0.25) is 10.0 Å². The van der Waals surface area contributed by atoms with Crippen LogP contribution in [0.3, 0.4) is 0 Å². The minimum atomic E-state index is -3.46. The van der Waals surface area contributed by atoms with E-state index in [0.717, 1.165) is 24.2 Å². The number of sulfonamides is 1. The van der Waals surface area contributed by atoms with E-state index < -0.39 is 10.0 Å². The summed E-state index contributed by atoms with van der Waals surface area (Å²) in [6.45, 7) is 3.01. The number of carbonyl (C=O) groups excluding carboxylic acids is 1. The molecule has 27 heavy (non-hydrogen) atoms. The van der Waals surface area contributed by atoms with E-state index in [9.17, 15) is 13.2 Å². The van der Waals surface area contributed by atoms with E-state index in [1.54, 1.807) is 19.2 Å². The molecule has 1 N–H and O–H groups in total. The smallest absolute Gasteiger partial charge is 0.251 e. The first-order chi connectivity index (χ1) is 12.9. The number of ether oxygens (including phenoxy) is 1. The van der Waals surface area contributed by atoms with Crippen molar-refractivity contribution in [2.45, 2.75) is 30.7 Å². The predicted octanol–water partition coefficient (Wildman–Crippen LogP) is 2.97. The highest BCUT2D eigenvalue weighted by Gasteiger charge is 2.27. The Balaban J connectivity index is 1.68.